The molecular weight excluding hydrogens is 326 g/mol. The lowest BCUT2D eigenvalue weighted by molar-refractivity contribution is 0.0427. The molecule has 1 aliphatic rings. The van der Waals surface area contributed by atoms with E-state index < -0.39 is 0 Å². The number of morpholine rings is 1. The summed E-state index contributed by atoms with van der Waals surface area (Å²) in [5.74, 6) is 0. The Labute approximate surface area is 146 Å². The van der Waals surface area contributed by atoms with Crippen molar-refractivity contribution in [1.82, 2.24) is 5.32 Å². The molecular formula is C18H20ClN3O2. The zero-order chi connectivity index (χ0) is 16.8. The van der Waals surface area contributed by atoms with Crippen molar-refractivity contribution in [2.45, 2.75) is 6.10 Å². The Morgan fingerprint density at radius 1 is 1.17 bits per heavy atom. The minimum atomic E-state index is -0.252. The van der Waals surface area contributed by atoms with Gasteiger partial charge in [-0.25, -0.2) is 4.79 Å². The van der Waals surface area contributed by atoms with Crippen LogP contribution in [0.4, 0.5) is 16.2 Å². The Kier molecular flexibility index (Phi) is 5.56. The van der Waals surface area contributed by atoms with Crippen LogP contribution >= 0.6 is 11.6 Å². The van der Waals surface area contributed by atoms with E-state index in [1.54, 1.807) is 24.3 Å². The number of nitrogens with one attached hydrogen (secondary N) is 2. The number of rotatable bonds is 4. The fourth-order valence-electron chi connectivity index (χ4n) is 2.63. The van der Waals surface area contributed by atoms with E-state index in [4.69, 9.17) is 16.3 Å². The molecule has 2 aromatic rings. The summed E-state index contributed by atoms with van der Waals surface area (Å²) in [7, 11) is 0. The molecule has 126 valence electrons. The minimum Gasteiger partial charge on any atom is -0.373 e. The van der Waals surface area contributed by atoms with Crippen LogP contribution in [0.1, 0.15) is 0 Å². The summed E-state index contributed by atoms with van der Waals surface area (Å²) in [6.45, 7) is 2.73. The molecule has 3 rings (SSSR count). The molecule has 2 aromatic carbocycles. The molecule has 1 saturated heterocycles. The van der Waals surface area contributed by atoms with E-state index in [-0.39, 0.29) is 12.1 Å². The standard InChI is InChI=1S/C18H20ClN3O2/c19-14-6-8-15(9-7-14)21-18(23)20-12-17-13-22(10-11-24-17)16-4-2-1-3-5-16/h1-9,17H,10-13H2,(H2,20,21,23). The number of amides is 2. The van der Waals surface area contributed by atoms with Crippen molar-refractivity contribution in [3.8, 4) is 0 Å². The average Bonchev–Trinajstić information content (AvgIpc) is 2.63. The maximum atomic E-state index is 12.0. The minimum absolute atomic E-state index is 0.0325. The molecule has 0 radical (unpaired) electrons. The predicted molar refractivity (Wildman–Crippen MR) is 96.9 cm³/mol. The number of hydrogen-bond acceptors (Lipinski definition) is 3. The van der Waals surface area contributed by atoms with Crippen LogP contribution in [-0.2, 0) is 4.74 Å². The first-order valence-corrected chi connectivity index (χ1v) is 8.30. The molecule has 6 heteroatoms. The van der Waals surface area contributed by atoms with Gasteiger partial charge in [-0.15, -0.1) is 0 Å². The highest BCUT2D eigenvalue weighted by molar-refractivity contribution is 6.30. The predicted octanol–water partition coefficient (Wildman–Crippen LogP) is 3.37. The Morgan fingerprint density at radius 2 is 1.92 bits per heavy atom. The first-order chi connectivity index (χ1) is 11.7. The van der Waals surface area contributed by atoms with Crippen LogP contribution in [0.25, 0.3) is 0 Å². The number of para-hydroxylation sites is 1. The van der Waals surface area contributed by atoms with Crippen molar-refractivity contribution in [3.63, 3.8) is 0 Å². The van der Waals surface area contributed by atoms with Gasteiger partial charge in [0.2, 0.25) is 0 Å². The maximum Gasteiger partial charge on any atom is 0.319 e. The van der Waals surface area contributed by atoms with Gasteiger partial charge in [0.05, 0.1) is 12.7 Å². The molecule has 0 spiro atoms. The van der Waals surface area contributed by atoms with Crippen LogP contribution in [-0.4, -0.2) is 38.4 Å². The molecule has 1 unspecified atom stereocenters. The quantitative estimate of drug-likeness (QED) is 0.893. The third-order valence-corrected chi connectivity index (χ3v) is 4.10. The molecule has 0 saturated carbocycles. The molecule has 1 heterocycles. The summed E-state index contributed by atoms with van der Waals surface area (Å²) < 4.78 is 5.74. The van der Waals surface area contributed by atoms with Gasteiger partial charge < -0.3 is 20.3 Å². The SMILES string of the molecule is O=C(NCC1CN(c2ccccc2)CCO1)Nc1ccc(Cl)cc1. The summed E-state index contributed by atoms with van der Waals surface area (Å²) in [5, 5.41) is 6.26. The van der Waals surface area contributed by atoms with Gasteiger partial charge in [-0.1, -0.05) is 29.8 Å². The van der Waals surface area contributed by atoms with Gasteiger partial charge in [-0.2, -0.15) is 0 Å². The fraction of sp³-hybridized carbons (Fsp3) is 0.278. The smallest absolute Gasteiger partial charge is 0.319 e. The lowest BCUT2D eigenvalue weighted by Gasteiger charge is -2.34. The van der Waals surface area contributed by atoms with Crippen LogP contribution in [0.3, 0.4) is 0 Å². The highest BCUT2D eigenvalue weighted by Crippen LogP contribution is 2.17. The summed E-state index contributed by atoms with van der Waals surface area (Å²) in [5.41, 5.74) is 1.88. The van der Waals surface area contributed by atoms with Gasteiger partial charge in [0.1, 0.15) is 0 Å². The summed E-state index contributed by atoms with van der Waals surface area (Å²) in [4.78, 5) is 14.2. The van der Waals surface area contributed by atoms with Crippen LogP contribution in [0, 0.1) is 0 Å². The van der Waals surface area contributed by atoms with Crippen molar-refractivity contribution in [3.05, 3.63) is 59.6 Å². The van der Waals surface area contributed by atoms with Gasteiger partial charge >= 0.3 is 6.03 Å². The highest BCUT2D eigenvalue weighted by Gasteiger charge is 2.21. The zero-order valence-corrected chi connectivity index (χ0v) is 14.0. The third kappa shape index (κ3) is 4.63. The molecule has 2 N–H and O–H groups in total. The molecule has 0 aromatic heterocycles. The normalized spacial score (nSPS) is 17.4. The molecule has 5 nitrogen and oxygen atoms in total. The molecule has 1 aliphatic heterocycles. The Balaban J connectivity index is 1.47. The van der Waals surface area contributed by atoms with Crippen LogP contribution in [0.15, 0.2) is 54.6 Å². The second kappa shape index (κ2) is 8.04. The van der Waals surface area contributed by atoms with Crippen LogP contribution in [0.2, 0.25) is 5.02 Å². The van der Waals surface area contributed by atoms with Gasteiger partial charge in [0, 0.05) is 36.0 Å². The summed E-state index contributed by atoms with van der Waals surface area (Å²) in [6.07, 6.45) is -0.0325. The zero-order valence-electron chi connectivity index (χ0n) is 13.2. The van der Waals surface area contributed by atoms with Crippen molar-refractivity contribution in [2.75, 3.05) is 36.5 Å². The Bertz CT molecular complexity index is 664. The molecule has 1 fully saturated rings. The Morgan fingerprint density at radius 3 is 2.67 bits per heavy atom. The molecule has 1 atom stereocenters. The third-order valence-electron chi connectivity index (χ3n) is 3.85. The molecule has 2 amide bonds. The van der Waals surface area contributed by atoms with E-state index in [0.29, 0.717) is 23.9 Å². The van der Waals surface area contributed by atoms with Crippen molar-refractivity contribution in [1.29, 1.82) is 0 Å². The number of halogens is 1. The Hall–Kier alpha value is -2.24. The number of carbonyl (C=O) groups is 1. The second-order valence-corrected chi connectivity index (χ2v) is 6.05. The van der Waals surface area contributed by atoms with E-state index >= 15 is 0 Å². The van der Waals surface area contributed by atoms with E-state index in [9.17, 15) is 4.79 Å². The van der Waals surface area contributed by atoms with Gasteiger partial charge in [0.25, 0.3) is 0 Å². The fourth-order valence-corrected chi connectivity index (χ4v) is 2.76. The number of nitrogens with zero attached hydrogens (tertiary/aromatic N) is 1. The number of carbonyl (C=O) groups excluding carboxylic acids is 1. The van der Waals surface area contributed by atoms with Gasteiger partial charge in [-0.05, 0) is 36.4 Å². The van der Waals surface area contributed by atoms with Crippen LogP contribution in [0.5, 0.6) is 0 Å². The van der Waals surface area contributed by atoms with Crippen molar-refractivity contribution >= 4 is 29.0 Å². The lowest BCUT2D eigenvalue weighted by Crippen LogP contribution is -2.48. The first-order valence-electron chi connectivity index (χ1n) is 7.93. The van der Waals surface area contributed by atoms with Crippen molar-refractivity contribution < 1.29 is 9.53 Å². The van der Waals surface area contributed by atoms with Crippen molar-refractivity contribution in [2.24, 2.45) is 0 Å². The number of hydrogen-bond donors (Lipinski definition) is 2. The monoisotopic (exact) mass is 345 g/mol. The van der Waals surface area contributed by atoms with E-state index in [0.717, 1.165) is 13.1 Å². The van der Waals surface area contributed by atoms with Gasteiger partial charge in [0.15, 0.2) is 0 Å². The molecule has 24 heavy (non-hydrogen) atoms. The molecule has 0 bridgehead atoms. The summed E-state index contributed by atoms with van der Waals surface area (Å²) >= 11 is 5.83. The topological polar surface area (TPSA) is 53.6 Å². The van der Waals surface area contributed by atoms with Gasteiger partial charge in [-0.3, -0.25) is 0 Å². The molecule has 0 aliphatic carbocycles. The van der Waals surface area contributed by atoms with E-state index in [1.807, 2.05) is 18.2 Å². The number of anilines is 2. The highest BCUT2D eigenvalue weighted by atomic mass is 35.5. The second-order valence-electron chi connectivity index (χ2n) is 5.62. The number of urea groups is 1. The largest absolute Gasteiger partial charge is 0.373 e. The average molecular weight is 346 g/mol. The number of ether oxygens (including phenoxy) is 1. The maximum absolute atomic E-state index is 12.0. The number of benzene rings is 2. The first kappa shape index (κ1) is 16.6. The van der Waals surface area contributed by atoms with Crippen LogP contribution < -0.4 is 15.5 Å². The lowest BCUT2D eigenvalue weighted by atomic mass is 10.2. The van der Waals surface area contributed by atoms with E-state index in [1.165, 1.54) is 5.69 Å². The van der Waals surface area contributed by atoms with E-state index in [2.05, 4.69) is 27.7 Å². The summed E-state index contributed by atoms with van der Waals surface area (Å²) in [6, 6.07) is 17.0.